The second-order valence-electron chi connectivity index (χ2n) is 5.22. The summed E-state index contributed by atoms with van der Waals surface area (Å²) in [5, 5.41) is 13.5. The summed E-state index contributed by atoms with van der Waals surface area (Å²) in [5.41, 5.74) is 2.29. The van der Waals surface area contributed by atoms with Crippen LogP contribution in [-0.2, 0) is 18.4 Å². The topological polar surface area (TPSA) is 54.3 Å². The molecular formula is C15H20N2O2. The molecule has 19 heavy (non-hydrogen) atoms. The molecule has 0 bridgehead atoms. The van der Waals surface area contributed by atoms with Crippen molar-refractivity contribution in [2.75, 3.05) is 0 Å². The van der Waals surface area contributed by atoms with E-state index in [-0.39, 0.29) is 5.92 Å². The fourth-order valence-corrected chi connectivity index (χ4v) is 2.39. The Kier molecular flexibility index (Phi) is 3.90. The molecule has 1 aromatic heterocycles. The van der Waals surface area contributed by atoms with Gasteiger partial charge < -0.3 is 15.0 Å². The molecule has 2 aromatic rings. The Labute approximate surface area is 113 Å². The van der Waals surface area contributed by atoms with Gasteiger partial charge in [-0.05, 0) is 17.5 Å². The number of carbonyl (C=O) groups is 1. The number of para-hydroxylation sites is 1. The van der Waals surface area contributed by atoms with E-state index < -0.39 is 12.0 Å². The SMILES string of the molecule is CC(C)C(NCc1cn(C)c2ccccc12)C(=O)O. The van der Waals surface area contributed by atoms with E-state index in [0.29, 0.717) is 6.54 Å². The number of hydrogen-bond donors (Lipinski definition) is 2. The molecule has 0 saturated carbocycles. The van der Waals surface area contributed by atoms with Crippen LogP contribution in [0.2, 0.25) is 0 Å². The number of aromatic nitrogens is 1. The normalized spacial score (nSPS) is 13.1. The summed E-state index contributed by atoms with van der Waals surface area (Å²) >= 11 is 0. The Morgan fingerprint density at radius 3 is 2.68 bits per heavy atom. The van der Waals surface area contributed by atoms with Crippen LogP contribution in [0.15, 0.2) is 30.5 Å². The number of nitrogens with zero attached hydrogens (tertiary/aromatic N) is 1. The van der Waals surface area contributed by atoms with Gasteiger partial charge in [-0.15, -0.1) is 0 Å². The van der Waals surface area contributed by atoms with Gasteiger partial charge in [0.25, 0.3) is 0 Å². The van der Waals surface area contributed by atoms with E-state index in [2.05, 4.69) is 28.2 Å². The number of aryl methyl sites for hydroxylation is 1. The number of fused-ring (bicyclic) bond motifs is 1. The first-order valence-corrected chi connectivity index (χ1v) is 6.50. The van der Waals surface area contributed by atoms with Crippen LogP contribution in [0.4, 0.5) is 0 Å². The number of aliphatic carboxylic acids is 1. The second-order valence-corrected chi connectivity index (χ2v) is 5.22. The van der Waals surface area contributed by atoms with Gasteiger partial charge in [-0.2, -0.15) is 0 Å². The molecule has 0 amide bonds. The van der Waals surface area contributed by atoms with Crippen molar-refractivity contribution in [3.63, 3.8) is 0 Å². The molecule has 1 aromatic carbocycles. The minimum Gasteiger partial charge on any atom is -0.480 e. The molecule has 0 spiro atoms. The lowest BCUT2D eigenvalue weighted by molar-refractivity contribution is -0.140. The minimum atomic E-state index is -0.796. The molecule has 102 valence electrons. The maximum atomic E-state index is 11.2. The molecular weight excluding hydrogens is 240 g/mol. The minimum absolute atomic E-state index is 0.0625. The van der Waals surface area contributed by atoms with E-state index in [4.69, 9.17) is 0 Å². The standard InChI is InChI=1S/C15H20N2O2/c1-10(2)14(15(18)19)16-8-11-9-17(3)13-7-5-4-6-12(11)13/h4-7,9-10,14,16H,8H2,1-3H3,(H,18,19). The third-order valence-corrected chi connectivity index (χ3v) is 3.42. The maximum Gasteiger partial charge on any atom is 0.320 e. The Balaban J connectivity index is 2.20. The van der Waals surface area contributed by atoms with Crippen molar-refractivity contribution in [1.29, 1.82) is 0 Å². The van der Waals surface area contributed by atoms with Crippen molar-refractivity contribution >= 4 is 16.9 Å². The maximum absolute atomic E-state index is 11.2. The van der Waals surface area contributed by atoms with E-state index in [1.54, 1.807) is 0 Å². The number of hydrogen-bond acceptors (Lipinski definition) is 2. The molecule has 0 aliphatic carbocycles. The average molecular weight is 260 g/mol. The highest BCUT2D eigenvalue weighted by atomic mass is 16.4. The quantitative estimate of drug-likeness (QED) is 0.868. The van der Waals surface area contributed by atoms with Crippen molar-refractivity contribution in [3.8, 4) is 0 Å². The van der Waals surface area contributed by atoms with Gasteiger partial charge in [-0.1, -0.05) is 32.0 Å². The van der Waals surface area contributed by atoms with E-state index in [1.807, 2.05) is 33.0 Å². The molecule has 2 rings (SSSR count). The fraction of sp³-hybridized carbons (Fsp3) is 0.400. The van der Waals surface area contributed by atoms with E-state index >= 15 is 0 Å². The second kappa shape index (κ2) is 5.45. The first-order valence-electron chi connectivity index (χ1n) is 6.50. The van der Waals surface area contributed by atoms with Crippen molar-refractivity contribution in [2.24, 2.45) is 13.0 Å². The lowest BCUT2D eigenvalue weighted by Gasteiger charge is -2.17. The Hall–Kier alpha value is -1.81. The number of carboxylic acids is 1. The monoisotopic (exact) mass is 260 g/mol. The number of nitrogens with one attached hydrogen (secondary N) is 1. The summed E-state index contributed by atoms with van der Waals surface area (Å²) in [7, 11) is 2.00. The van der Waals surface area contributed by atoms with Crippen molar-refractivity contribution in [1.82, 2.24) is 9.88 Å². The zero-order valence-electron chi connectivity index (χ0n) is 11.6. The average Bonchev–Trinajstić information content (AvgIpc) is 2.67. The molecule has 0 aliphatic heterocycles. The predicted octanol–water partition coefficient (Wildman–Crippen LogP) is 2.38. The third kappa shape index (κ3) is 2.79. The molecule has 1 atom stereocenters. The molecule has 1 heterocycles. The lowest BCUT2D eigenvalue weighted by Crippen LogP contribution is -2.40. The summed E-state index contributed by atoms with van der Waals surface area (Å²) < 4.78 is 2.07. The molecule has 0 radical (unpaired) electrons. The van der Waals surface area contributed by atoms with Crippen LogP contribution in [0.5, 0.6) is 0 Å². The largest absolute Gasteiger partial charge is 0.480 e. The molecule has 0 fully saturated rings. The van der Waals surface area contributed by atoms with Crippen molar-refractivity contribution in [2.45, 2.75) is 26.4 Å². The first kappa shape index (κ1) is 13.6. The number of carboxylic acid groups (broad SMARTS) is 1. The van der Waals surface area contributed by atoms with Gasteiger partial charge in [0.1, 0.15) is 6.04 Å². The lowest BCUT2D eigenvalue weighted by atomic mass is 10.0. The summed E-state index contributed by atoms with van der Waals surface area (Å²) in [6, 6.07) is 7.63. The van der Waals surface area contributed by atoms with Crippen molar-refractivity contribution < 1.29 is 9.90 Å². The molecule has 0 saturated heterocycles. The van der Waals surface area contributed by atoms with Crippen LogP contribution >= 0.6 is 0 Å². The molecule has 0 aliphatic rings. The zero-order valence-corrected chi connectivity index (χ0v) is 11.6. The smallest absolute Gasteiger partial charge is 0.320 e. The summed E-state index contributed by atoms with van der Waals surface area (Å²) in [4.78, 5) is 11.2. The van der Waals surface area contributed by atoms with Gasteiger partial charge in [-0.25, -0.2) is 0 Å². The highest BCUT2D eigenvalue weighted by Crippen LogP contribution is 2.20. The van der Waals surface area contributed by atoms with Gasteiger partial charge >= 0.3 is 5.97 Å². The van der Waals surface area contributed by atoms with Gasteiger partial charge in [0, 0.05) is 30.7 Å². The highest BCUT2D eigenvalue weighted by molar-refractivity contribution is 5.84. The van der Waals surface area contributed by atoms with Crippen LogP contribution in [0.25, 0.3) is 10.9 Å². The molecule has 4 nitrogen and oxygen atoms in total. The number of benzene rings is 1. The number of rotatable bonds is 5. The molecule has 2 N–H and O–H groups in total. The predicted molar refractivity (Wildman–Crippen MR) is 76.0 cm³/mol. The summed E-state index contributed by atoms with van der Waals surface area (Å²) in [5.74, 6) is -0.734. The van der Waals surface area contributed by atoms with E-state index in [1.165, 1.54) is 5.39 Å². The zero-order chi connectivity index (χ0) is 14.0. The van der Waals surface area contributed by atoms with Crippen molar-refractivity contribution in [3.05, 3.63) is 36.0 Å². The van der Waals surface area contributed by atoms with Crippen LogP contribution in [-0.4, -0.2) is 21.7 Å². The van der Waals surface area contributed by atoms with Gasteiger partial charge in [-0.3, -0.25) is 4.79 Å². The summed E-state index contributed by atoms with van der Waals surface area (Å²) in [6.45, 7) is 4.39. The fourth-order valence-electron chi connectivity index (χ4n) is 2.39. The van der Waals surface area contributed by atoms with E-state index in [9.17, 15) is 9.90 Å². The molecule has 1 unspecified atom stereocenters. The Morgan fingerprint density at radius 2 is 2.05 bits per heavy atom. The highest BCUT2D eigenvalue weighted by Gasteiger charge is 2.20. The van der Waals surface area contributed by atoms with Crippen LogP contribution in [0, 0.1) is 5.92 Å². The van der Waals surface area contributed by atoms with E-state index in [0.717, 1.165) is 11.1 Å². The Morgan fingerprint density at radius 1 is 1.37 bits per heavy atom. The van der Waals surface area contributed by atoms with Crippen LogP contribution < -0.4 is 5.32 Å². The first-order chi connectivity index (χ1) is 9.00. The summed E-state index contributed by atoms with van der Waals surface area (Å²) in [6.07, 6.45) is 2.05. The Bertz CT molecular complexity index is 587. The molecule has 4 heteroatoms. The van der Waals surface area contributed by atoms with Crippen LogP contribution in [0.1, 0.15) is 19.4 Å². The van der Waals surface area contributed by atoms with Gasteiger partial charge in [0.05, 0.1) is 0 Å². The van der Waals surface area contributed by atoms with Crippen LogP contribution in [0.3, 0.4) is 0 Å². The van der Waals surface area contributed by atoms with Gasteiger partial charge in [0.15, 0.2) is 0 Å². The third-order valence-electron chi connectivity index (χ3n) is 3.42. The van der Waals surface area contributed by atoms with Gasteiger partial charge in [0.2, 0.25) is 0 Å².